The second-order valence-electron chi connectivity index (χ2n) is 4.78. The van der Waals surface area contributed by atoms with Gasteiger partial charge in [0.15, 0.2) is 18.1 Å². The smallest absolute Gasteiger partial charge is 0.258 e. The second kappa shape index (κ2) is 8.43. The number of rotatable bonds is 8. The first kappa shape index (κ1) is 16.3. The van der Waals surface area contributed by atoms with Gasteiger partial charge in [0.2, 0.25) is 0 Å². The molecule has 0 heterocycles. The largest absolute Gasteiger partial charge is 0.490 e. The van der Waals surface area contributed by atoms with Gasteiger partial charge in [0, 0.05) is 6.54 Å². The summed E-state index contributed by atoms with van der Waals surface area (Å²) in [5, 5.41) is 12.2. The van der Waals surface area contributed by atoms with Gasteiger partial charge in [0.05, 0.1) is 12.7 Å². The Bertz CT molecular complexity index is 420. The third-order valence-corrected chi connectivity index (χ3v) is 2.79. The maximum absolute atomic E-state index is 11.6. The lowest BCUT2D eigenvalue weighted by Gasteiger charge is -2.15. The molecule has 112 valence electrons. The molecular formula is C15H23NO4. The van der Waals surface area contributed by atoms with Crippen LogP contribution in [0.15, 0.2) is 24.3 Å². The molecule has 0 aliphatic rings. The number of ether oxygens (including phenoxy) is 2. The lowest BCUT2D eigenvalue weighted by Crippen LogP contribution is -2.37. The average molecular weight is 281 g/mol. The van der Waals surface area contributed by atoms with E-state index >= 15 is 0 Å². The van der Waals surface area contributed by atoms with Crippen molar-refractivity contribution in [2.24, 2.45) is 5.92 Å². The SMILES string of the molecule is CCOc1ccccc1OCC(=O)NCC(O)C(C)C. The minimum atomic E-state index is -0.547. The summed E-state index contributed by atoms with van der Waals surface area (Å²) in [5.74, 6) is 0.991. The molecule has 1 aromatic carbocycles. The van der Waals surface area contributed by atoms with Crippen molar-refractivity contribution in [3.05, 3.63) is 24.3 Å². The fraction of sp³-hybridized carbons (Fsp3) is 0.533. The quantitative estimate of drug-likeness (QED) is 0.759. The maximum Gasteiger partial charge on any atom is 0.258 e. The van der Waals surface area contributed by atoms with E-state index in [2.05, 4.69) is 5.32 Å². The molecule has 1 atom stereocenters. The third-order valence-electron chi connectivity index (χ3n) is 2.79. The van der Waals surface area contributed by atoms with Crippen LogP contribution in [0.25, 0.3) is 0 Å². The zero-order valence-electron chi connectivity index (χ0n) is 12.3. The molecule has 0 bridgehead atoms. The first-order valence-electron chi connectivity index (χ1n) is 6.84. The Morgan fingerprint density at radius 1 is 1.25 bits per heavy atom. The lowest BCUT2D eigenvalue weighted by atomic mass is 10.1. The zero-order chi connectivity index (χ0) is 15.0. The normalized spacial score (nSPS) is 12.1. The molecule has 1 aromatic rings. The van der Waals surface area contributed by atoms with Gasteiger partial charge in [-0.3, -0.25) is 4.79 Å². The van der Waals surface area contributed by atoms with Gasteiger partial charge in [-0.25, -0.2) is 0 Å². The Morgan fingerprint density at radius 3 is 2.40 bits per heavy atom. The Morgan fingerprint density at radius 2 is 1.85 bits per heavy atom. The molecule has 0 radical (unpaired) electrons. The van der Waals surface area contributed by atoms with Crippen LogP contribution in [0.3, 0.4) is 0 Å². The summed E-state index contributed by atoms with van der Waals surface area (Å²) in [6, 6.07) is 7.20. The number of para-hydroxylation sites is 2. The van der Waals surface area contributed by atoms with Crippen molar-refractivity contribution in [3.63, 3.8) is 0 Å². The van der Waals surface area contributed by atoms with E-state index in [0.717, 1.165) is 0 Å². The molecular weight excluding hydrogens is 258 g/mol. The van der Waals surface area contributed by atoms with E-state index in [0.29, 0.717) is 18.1 Å². The molecule has 5 nitrogen and oxygen atoms in total. The van der Waals surface area contributed by atoms with E-state index in [1.165, 1.54) is 0 Å². The fourth-order valence-corrected chi connectivity index (χ4v) is 1.49. The number of amides is 1. The number of aliphatic hydroxyl groups is 1. The van der Waals surface area contributed by atoms with Crippen LogP contribution in [0.5, 0.6) is 11.5 Å². The van der Waals surface area contributed by atoms with Gasteiger partial charge in [-0.05, 0) is 25.0 Å². The van der Waals surface area contributed by atoms with E-state index in [1.54, 1.807) is 12.1 Å². The Hall–Kier alpha value is -1.75. The van der Waals surface area contributed by atoms with Crippen LogP contribution in [0.4, 0.5) is 0 Å². The van der Waals surface area contributed by atoms with Crippen LogP contribution in [0, 0.1) is 5.92 Å². The average Bonchev–Trinajstić information content (AvgIpc) is 2.44. The molecule has 0 fully saturated rings. The highest BCUT2D eigenvalue weighted by molar-refractivity contribution is 5.77. The summed E-state index contributed by atoms with van der Waals surface area (Å²) in [7, 11) is 0. The minimum Gasteiger partial charge on any atom is -0.490 e. The molecule has 0 saturated heterocycles. The Labute approximate surface area is 119 Å². The Kier molecular flexibility index (Phi) is 6.87. The van der Waals surface area contributed by atoms with Crippen LogP contribution in [0.2, 0.25) is 0 Å². The van der Waals surface area contributed by atoms with Gasteiger partial charge in [0.25, 0.3) is 5.91 Å². The van der Waals surface area contributed by atoms with E-state index in [4.69, 9.17) is 9.47 Å². The summed E-state index contributed by atoms with van der Waals surface area (Å²) < 4.78 is 10.8. The van der Waals surface area contributed by atoms with E-state index in [1.807, 2.05) is 32.9 Å². The molecule has 2 N–H and O–H groups in total. The predicted octanol–water partition coefficient (Wildman–Crippen LogP) is 1.60. The van der Waals surface area contributed by atoms with Gasteiger partial charge in [-0.15, -0.1) is 0 Å². The predicted molar refractivity (Wildman–Crippen MR) is 77.0 cm³/mol. The van der Waals surface area contributed by atoms with Gasteiger partial charge in [0.1, 0.15) is 0 Å². The van der Waals surface area contributed by atoms with Crippen LogP contribution in [-0.2, 0) is 4.79 Å². The lowest BCUT2D eigenvalue weighted by molar-refractivity contribution is -0.123. The van der Waals surface area contributed by atoms with Gasteiger partial charge >= 0.3 is 0 Å². The summed E-state index contributed by atoms with van der Waals surface area (Å²) in [6.07, 6.45) is -0.547. The number of hydrogen-bond donors (Lipinski definition) is 2. The van der Waals surface area contributed by atoms with Crippen molar-refractivity contribution in [1.29, 1.82) is 0 Å². The second-order valence-corrected chi connectivity index (χ2v) is 4.78. The van der Waals surface area contributed by atoms with Crippen molar-refractivity contribution in [1.82, 2.24) is 5.32 Å². The first-order valence-corrected chi connectivity index (χ1v) is 6.84. The van der Waals surface area contributed by atoms with Crippen molar-refractivity contribution in [2.75, 3.05) is 19.8 Å². The molecule has 1 unspecified atom stereocenters. The van der Waals surface area contributed by atoms with Crippen LogP contribution >= 0.6 is 0 Å². The van der Waals surface area contributed by atoms with E-state index in [9.17, 15) is 9.90 Å². The van der Waals surface area contributed by atoms with Gasteiger partial charge < -0.3 is 19.9 Å². The zero-order valence-corrected chi connectivity index (χ0v) is 12.3. The fourth-order valence-electron chi connectivity index (χ4n) is 1.49. The molecule has 20 heavy (non-hydrogen) atoms. The molecule has 1 amide bonds. The minimum absolute atomic E-state index is 0.102. The molecule has 0 aromatic heterocycles. The van der Waals surface area contributed by atoms with Crippen LogP contribution in [0.1, 0.15) is 20.8 Å². The summed E-state index contributed by atoms with van der Waals surface area (Å²) in [5.41, 5.74) is 0. The maximum atomic E-state index is 11.6. The van der Waals surface area contributed by atoms with Gasteiger partial charge in [-0.1, -0.05) is 26.0 Å². The van der Waals surface area contributed by atoms with Crippen molar-refractivity contribution in [3.8, 4) is 11.5 Å². The van der Waals surface area contributed by atoms with Crippen molar-refractivity contribution in [2.45, 2.75) is 26.9 Å². The number of carbonyl (C=O) groups is 1. The van der Waals surface area contributed by atoms with Crippen molar-refractivity contribution >= 4 is 5.91 Å². The van der Waals surface area contributed by atoms with E-state index in [-0.39, 0.29) is 25.0 Å². The number of hydrogen-bond acceptors (Lipinski definition) is 4. The summed E-state index contributed by atoms with van der Waals surface area (Å²) >= 11 is 0. The molecule has 0 spiro atoms. The van der Waals surface area contributed by atoms with E-state index < -0.39 is 6.10 Å². The highest BCUT2D eigenvalue weighted by atomic mass is 16.5. The van der Waals surface area contributed by atoms with Crippen LogP contribution < -0.4 is 14.8 Å². The number of benzene rings is 1. The number of nitrogens with one attached hydrogen (secondary N) is 1. The molecule has 5 heteroatoms. The molecule has 0 saturated carbocycles. The highest BCUT2D eigenvalue weighted by Crippen LogP contribution is 2.26. The van der Waals surface area contributed by atoms with Gasteiger partial charge in [-0.2, -0.15) is 0 Å². The first-order chi connectivity index (χ1) is 9.54. The topological polar surface area (TPSA) is 67.8 Å². The monoisotopic (exact) mass is 281 g/mol. The standard InChI is InChI=1S/C15H23NO4/c1-4-19-13-7-5-6-8-14(13)20-10-15(18)16-9-12(17)11(2)3/h5-8,11-12,17H,4,9-10H2,1-3H3,(H,16,18). The Balaban J connectivity index is 2.41. The number of carbonyl (C=O) groups excluding carboxylic acids is 1. The highest BCUT2D eigenvalue weighted by Gasteiger charge is 2.11. The van der Waals surface area contributed by atoms with Crippen LogP contribution in [-0.4, -0.2) is 36.9 Å². The van der Waals surface area contributed by atoms with Crippen molar-refractivity contribution < 1.29 is 19.4 Å². The summed E-state index contributed by atoms with van der Waals surface area (Å²) in [4.78, 5) is 11.6. The molecule has 0 aliphatic carbocycles. The number of aliphatic hydroxyl groups excluding tert-OH is 1. The third kappa shape index (κ3) is 5.48. The summed E-state index contributed by atoms with van der Waals surface area (Å²) in [6.45, 7) is 6.34. The molecule has 0 aliphatic heterocycles. The molecule has 1 rings (SSSR count).